The van der Waals surface area contributed by atoms with Gasteiger partial charge in [0.25, 0.3) is 15.2 Å². The van der Waals surface area contributed by atoms with Gasteiger partial charge in [-0.3, -0.25) is 0 Å². The second kappa shape index (κ2) is 3.64. The second-order valence-corrected chi connectivity index (χ2v) is 4.80. The molecule has 1 aliphatic heterocycles. The van der Waals surface area contributed by atoms with E-state index in [9.17, 15) is 8.42 Å². The van der Waals surface area contributed by atoms with Crippen molar-refractivity contribution in [2.24, 2.45) is 0 Å². The van der Waals surface area contributed by atoms with Crippen molar-refractivity contribution in [2.45, 2.75) is 5.16 Å². The zero-order valence-electron chi connectivity index (χ0n) is 7.47. The fraction of sp³-hybridized carbons (Fsp3) is 0.667. The normalized spacial score (nSPS) is 19.7. The lowest BCUT2D eigenvalue weighted by atomic mass is 10.4. The van der Waals surface area contributed by atoms with Crippen LogP contribution in [0.4, 0.5) is 0 Å². The van der Waals surface area contributed by atoms with Crippen LogP contribution >= 0.6 is 0 Å². The number of aromatic amines is 1. The Balaban J connectivity index is 2.23. The van der Waals surface area contributed by atoms with Crippen LogP contribution in [-0.4, -0.2) is 54.1 Å². The van der Waals surface area contributed by atoms with Gasteiger partial charge in [-0.15, -0.1) is 0 Å². The van der Waals surface area contributed by atoms with E-state index in [1.54, 1.807) is 0 Å². The number of nitrogens with zero attached hydrogens (tertiary/aromatic N) is 3. The molecule has 1 fully saturated rings. The quantitative estimate of drug-likeness (QED) is 0.622. The van der Waals surface area contributed by atoms with Gasteiger partial charge in [-0.2, -0.15) is 9.40 Å². The van der Waals surface area contributed by atoms with Crippen molar-refractivity contribution in [3.63, 3.8) is 0 Å². The molecule has 0 saturated carbocycles. The van der Waals surface area contributed by atoms with E-state index in [2.05, 4.69) is 20.5 Å². The summed E-state index contributed by atoms with van der Waals surface area (Å²) in [5.41, 5.74) is 0. The smallest absolute Gasteiger partial charge is 0.278 e. The monoisotopic (exact) mass is 217 g/mol. The second-order valence-electron chi connectivity index (χ2n) is 2.94. The summed E-state index contributed by atoms with van der Waals surface area (Å²) in [5, 5.41) is 8.89. The molecule has 1 aromatic heterocycles. The van der Waals surface area contributed by atoms with Crippen LogP contribution in [0.1, 0.15) is 0 Å². The Hall–Kier alpha value is -0.990. The lowest BCUT2D eigenvalue weighted by Crippen LogP contribution is -2.46. The third kappa shape index (κ3) is 1.63. The van der Waals surface area contributed by atoms with E-state index in [4.69, 9.17) is 0 Å². The Morgan fingerprint density at radius 2 is 2.07 bits per heavy atom. The standard InChI is InChI=1S/C6H11N5O2S/c12-14(13,6-8-5-9-10-6)11-3-1-7-2-4-11/h5,7H,1-4H2,(H,8,9,10). The first-order valence-electron chi connectivity index (χ1n) is 4.27. The summed E-state index contributed by atoms with van der Waals surface area (Å²) in [4.78, 5) is 3.65. The molecule has 1 aromatic rings. The summed E-state index contributed by atoms with van der Waals surface area (Å²) < 4.78 is 25.0. The summed E-state index contributed by atoms with van der Waals surface area (Å²) in [5.74, 6) is 0. The predicted molar refractivity (Wildman–Crippen MR) is 48.0 cm³/mol. The van der Waals surface area contributed by atoms with Crippen LogP contribution in [0.3, 0.4) is 0 Å². The molecule has 0 amide bonds. The minimum absolute atomic E-state index is 0.0839. The summed E-state index contributed by atoms with van der Waals surface area (Å²) in [6.07, 6.45) is 1.19. The van der Waals surface area contributed by atoms with Gasteiger partial charge in [0, 0.05) is 26.2 Å². The van der Waals surface area contributed by atoms with Crippen LogP contribution in [0.25, 0.3) is 0 Å². The molecule has 14 heavy (non-hydrogen) atoms. The highest BCUT2D eigenvalue weighted by molar-refractivity contribution is 7.88. The number of H-pyrrole nitrogens is 1. The number of hydrogen-bond acceptors (Lipinski definition) is 5. The molecule has 0 aliphatic carbocycles. The topological polar surface area (TPSA) is 91.0 Å². The molecule has 0 radical (unpaired) electrons. The van der Waals surface area contributed by atoms with Crippen molar-refractivity contribution in [1.29, 1.82) is 0 Å². The molecular weight excluding hydrogens is 206 g/mol. The molecule has 8 heteroatoms. The average molecular weight is 217 g/mol. The molecule has 7 nitrogen and oxygen atoms in total. The third-order valence-corrected chi connectivity index (χ3v) is 3.78. The van der Waals surface area contributed by atoms with E-state index in [1.807, 2.05) is 0 Å². The number of sulfonamides is 1. The molecule has 2 heterocycles. The highest BCUT2D eigenvalue weighted by atomic mass is 32.2. The fourth-order valence-corrected chi connectivity index (χ4v) is 2.58. The van der Waals surface area contributed by atoms with Crippen LogP contribution in [0, 0.1) is 0 Å². The van der Waals surface area contributed by atoms with E-state index in [-0.39, 0.29) is 5.16 Å². The minimum Gasteiger partial charge on any atom is -0.314 e. The molecule has 0 aromatic carbocycles. The highest BCUT2D eigenvalue weighted by Crippen LogP contribution is 2.09. The summed E-state index contributed by atoms with van der Waals surface area (Å²) in [7, 11) is -3.45. The minimum atomic E-state index is -3.45. The fourth-order valence-electron chi connectivity index (χ4n) is 1.33. The Morgan fingerprint density at radius 1 is 1.36 bits per heavy atom. The van der Waals surface area contributed by atoms with Gasteiger partial charge in [0.05, 0.1) is 0 Å². The molecule has 2 rings (SSSR count). The van der Waals surface area contributed by atoms with Crippen molar-refractivity contribution in [3.05, 3.63) is 6.33 Å². The lowest BCUT2D eigenvalue weighted by Gasteiger charge is -2.25. The molecule has 0 spiro atoms. The van der Waals surface area contributed by atoms with Crippen molar-refractivity contribution < 1.29 is 8.42 Å². The van der Waals surface area contributed by atoms with Crippen LogP contribution in [0.2, 0.25) is 0 Å². The first-order valence-corrected chi connectivity index (χ1v) is 5.71. The van der Waals surface area contributed by atoms with Gasteiger partial charge >= 0.3 is 0 Å². The van der Waals surface area contributed by atoms with Crippen LogP contribution in [0.5, 0.6) is 0 Å². The number of aromatic nitrogens is 3. The number of nitrogens with one attached hydrogen (secondary N) is 2. The van der Waals surface area contributed by atoms with Crippen molar-refractivity contribution >= 4 is 10.0 Å². The van der Waals surface area contributed by atoms with Gasteiger partial charge in [-0.05, 0) is 0 Å². The van der Waals surface area contributed by atoms with E-state index in [0.29, 0.717) is 26.2 Å². The molecule has 2 N–H and O–H groups in total. The molecule has 0 unspecified atom stereocenters. The van der Waals surface area contributed by atoms with Crippen molar-refractivity contribution in [3.8, 4) is 0 Å². The van der Waals surface area contributed by atoms with Gasteiger partial charge in [-0.25, -0.2) is 18.5 Å². The van der Waals surface area contributed by atoms with Gasteiger partial charge in [0.15, 0.2) is 0 Å². The number of rotatable bonds is 2. The molecular formula is C6H11N5O2S. The predicted octanol–water partition coefficient (Wildman–Crippen LogP) is -1.60. The lowest BCUT2D eigenvalue weighted by molar-refractivity contribution is 0.357. The SMILES string of the molecule is O=S(=O)(c1ncn[nH]1)N1CCNCC1. The van der Waals surface area contributed by atoms with E-state index < -0.39 is 10.0 Å². The Kier molecular flexibility index (Phi) is 2.48. The van der Waals surface area contributed by atoms with Gasteiger partial charge in [-0.1, -0.05) is 0 Å². The Labute approximate surface area is 81.6 Å². The molecule has 1 aliphatic rings. The summed E-state index contributed by atoms with van der Waals surface area (Å²) in [6.45, 7) is 2.30. The van der Waals surface area contributed by atoms with Crippen LogP contribution in [0.15, 0.2) is 11.5 Å². The average Bonchev–Trinajstić information content (AvgIpc) is 2.72. The largest absolute Gasteiger partial charge is 0.314 e. The maximum absolute atomic E-state index is 11.8. The zero-order valence-corrected chi connectivity index (χ0v) is 8.29. The Morgan fingerprint density at radius 3 is 2.64 bits per heavy atom. The molecule has 78 valence electrons. The van der Waals surface area contributed by atoms with Crippen LogP contribution in [-0.2, 0) is 10.0 Å². The maximum Gasteiger partial charge on any atom is 0.278 e. The van der Waals surface area contributed by atoms with E-state index >= 15 is 0 Å². The summed E-state index contributed by atoms with van der Waals surface area (Å²) in [6, 6.07) is 0. The highest BCUT2D eigenvalue weighted by Gasteiger charge is 2.27. The number of hydrogen-bond donors (Lipinski definition) is 2. The third-order valence-electron chi connectivity index (χ3n) is 2.05. The maximum atomic E-state index is 11.8. The Bertz CT molecular complexity index is 380. The number of piperazine rings is 1. The van der Waals surface area contributed by atoms with Crippen molar-refractivity contribution in [2.75, 3.05) is 26.2 Å². The van der Waals surface area contributed by atoms with E-state index in [0.717, 1.165) is 0 Å². The summed E-state index contributed by atoms with van der Waals surface area (Å²) >= 11 is 0. The van der Waals surface area contributed by atoms with E-state index in [1.165, 1.54) is 10.6 Å². The zero-order chi connectivity index (χ0) is 10.0. The van der Waals surface area contributed by atoms with Gasteiger partial charge in [0.1, 0.15) is 6.33 Å². The molecule has 0 atom stereocenters. The first-order chi connectivity index (χ1) is 6.71. The van der Waals surface area contributed by atoms with Crippen LogP contribution < -0.4 is 5.32 Å². The van der Waals surface area contributed by atoms with Gasteiger partial charge < -0.3 is 5.32 Å². The first kappa shape index (κ1) is 9.56. The van der Waals surface area contributed by atoms with Gasteiger partial charge in [0.2, 0.25) is 0 Å². The molecule has 0 bridgehead atoms. The van der Waals surface area contributed by atoms with Crippen molar-refractivity contribution in [1.82, 2.24) is 24.8 Å². The molecule has 1 saturated heterocycles.